The molecule has 2 atom stereocenters. The Bertz CT molecular complexity index is 870. The van der Waals surface area contributed by atoms with Crippen molar-refractivity contribution in [2.45, 2.75) is 122 Å². The molecule has 0 aromatic heterocycles. The number of ether oxygens (including phenoxy) is 3. The van der Waals surface area contributed by atoms with Crippen LogP contribution in [0.2, 0.25) is 0 Å². The van der Waals surface area contributed by atoms with Gasteiger partial charge in [-0.1, -0.05) is 94.6 Å². The third kappa shape index (κ3) is 25.8. The molecule has 0 spiro atoms. The second-order valence-electron chi connectivity index (χ2n) is 12.0. The van der Waals surface area contributed by atoms with E-state index < -0.39 is 24.1 Å². The van der Waals surface area contributed by atoms with Gasteiger partial charge in [-0.15, -0.1) is 0 Å². The van der Waals surface area contributed by atoms with Crippen LogP contribution in [0, 0.1) is 0 Å². The Balaban J connectivity index is 4.62. The highest BCUT2D eigenvalue weighted by Gasteiger charge is 2.31. The van der Waals surface area contributed by atoms with Crippen LogP contribution in [0.5, 0.6) is 0 Å². The number of hydrogen-bond donors (Lipinski definition) is 1. The molecule has 0 saturated heterocycles. The lowest BCUT2D eigenvalue weighted by Crippen LogP contribution is -2.50. The molecule has 0 radical (unpaired) electrons. The summed E-state index contributed by atoms with van der Waals surface area (Å²) in [7, 11) is 5.47. The Kier molecular flexibility index (Phi) is 26.1. The Labute approximate surface area is 267 Å². The van der Waals surface area contributed by atoms with Gasteiger partial charge in [0, 0.05) is 12.8 Å². The van der Waals surface area contributed by atoms with Crippen molar-refractivity contribution in [2.75, 3.05) is 41.0 Å². The topological polar surface area (TPSA) is 99.1 Å². The number of hydrogen-bond acceptors (Lipinski definition) is 6. The molecule has 0 fully saturated rings. The molecule has 0 aromatic carbocycles. The summed E-state index contributed by atoms with van der Waals surface area (Å²) in [4.78, 5) is 36.5. The van der Waals surface area contributed by atoms with Gasteiger partial charge in [-0.25, -0.2) is 4.79 Å². The summed E-state index contributed by atoms with van der Waals surface area (Å²) in [5.74, 6) is -1.64. The van der Waals surface area contributed by atoms with Gasteiger partial charge in [-0.05, 0) is 44.9 Å². The minimum atomic E-state index is -0.890. The number of allylic oxidation sites excluding steroid dienone is 7. The molecule has 2 unspecified atom stereocenters. The fourth-order valence-corrected chi connectivity index (χ4v) is 4.37. The Morgan fingerprint density at radius 1 is 0.727 bits per heavy atom. The molecule has 0 aromatic rings. The number of carbonyl (C=O) groups is 3. The standard InChI is InChI=1S/C36H61NO7/c1-6-8-10-12-14-16-17-19-21-23-25-27-35(39)44-32(30-42-29-28-33(36(40)41)37(3,4)5)31-43-34(38)26-24-22-20-18-15-13-11-9-7-2/h9,11-12,14-15,18,22,24,32-33H,6-8,10,13,16-17,19-21,23,25-31H2,1-5H3/p+1/b11-9+,14-12+,18-15+,24-22+. The molecule has 1 N–H and O–H groups in total. The van der Waals surface area contributed by atoms with Gasteiger partial charge >= 0.3 is 17.9 Å². The van der Waals surface area contributed by atoms with E-state index in [9.17, 15) is 19.5 Å². The van der Waals surface area contributed by atoms with E-state index in [0.717, 1.165) is 64.2 Å². The van der Waals surface area contributed by atoms with E-state index in [0.29, 0.717) is 12.8 Å². The van der Waals surface area contributed by atoms with Crippen molar-refractivity contribution in [2.24, 2.45) is 0 Å². The van der Waals surface area contributed by atoms with Crippen LogP contribution >= 0.6 is 0 Å². The van der Waals surface area contributed by atoms with Gasteiger partial charge in [-0.3, -0.25) is 9.59 Å². The number of carboxylic acids is 1. The largest absolute Gasteiger partial charge is 0.477 e. The molecule has 0 bridgehead atoms. The normalized spacial score (nSPS) is 13.8. The van der Waals surface area contributed by atoms with Crippen LogP contribution in [0.15, 0.2) is 48.6 Å². The number of carboxylic acid groups (broad SMARTS) is 1. The van der Waals surface area contributed by atoms with E-state index >= 15 is 0 Å². The van der Waals surface area contributed by atoms with Crippen molar-refractivity contribution < 1.29 is 38.2 Å². The van der Waals surface area contributed by atoms with E-state index in [1.165, 1.54) is 12.8 Å². The van der Waals surface area contributed by atoms with Crippen molar-refractivity contribution in [1.29, 1.82) is 0 Å². The molecule has 8 nitrogen and oxygen atoms in total. The second-order valence-corrected chi connectivity index (χ2v) is 12.0. The number of likely N-dealkylation sites (N-methyl/N-ethyl adjacent to an activating group) is 1. The quantitative estimate of drug-likeness (QED) is 0.0413. The number of unbranched alkanes of at least 4 members (excludes halogenated alkanes) is 7. The van der Waals surface area contributed by atoms with E-state index in [4.69, 9.17) is 14.2 Å². The molecule has 0 saturated carbocycles. The summed E-state index contributed by atoms with van der Waals surface area (Å²) in [6.45, 7) is 4.41. The van der Waals surface area contributed by atoms with Gasteiger partial charge < -0.3 is 23.8 Å². The fourth-order valence-electron chi connectivity index (χ4n) is 4.37. The molecular weight excluding hydrogens is 558 g/mol. The molecular formula is C36H62NO7+. The van der Waals surface area contributed by atoms with Crippen molar-refractivity contribution in [3.8, 4) is 0 Å². The van der Waals surface area contributed by atoms with Crippen LogP contribution < -0.4 is 0 Å². The highest BCUT2D eigenvalue weighted by Crippen LogP contribution is 2.11. The van der Waals surface area contributed by atoms with Crippen LogP contribution in [0.1, 0.15) is 110 Å². The number of quaternary nitrogens is 1. The minimum absolute atomic E-state index is 0.0292. The lowest BCUT2D eigenvalue weighted by atomic mass is 10.1. The molecule has 0 amide bonds. The maximum atomic E-state index is 12.5. The van der Waals surface area contributed by atoms with Gasteiger partial charge in [0.2, 0.25) is 0 Å². The summed E-state index contributed by atoms with van der Waals surface area (Å²) in [6.07, 6.45) is 29.1. The summed E-state index contributed by atoms with van der Waals surface area (Å²) in [5, 5.41) is 9.53. The van der Waals surface area contributed by atoms with Gasteiger partial charge in [0.1, 0.15) is 6.61 Å². The van der Waals surface area contributed by atoms with Crippen molar-refractivity contribution >= 4 is 17.9 Å². The Morgan fingerprint density at radius 3 is 1.98 bits per heavy atom. The SMILES string of the molecule is CC/C=C/C/C=C/C/C=C/CC(=O)OCC(COCCC(C(=O)O)[N+](C)(C)C)OC(=O)CCCCCCC/C=C/CCCC. The summed E-state index contributed by atoms with van der Waals surface area (Å²) in [6, 6.07) is -0.625. The fraction of sp³-hybridized carbons (Fsp3) is 0.694. The maximum absolute atomic E-state index is 12.5. The van der Waals surface area contributed by atoms with E-state index in [2.05, 4.69) is 50.3 Å². The Morgan fingerprint density at radius 2 is 1.34 bits per heavy atom. The third-order valence-corrected chi connectivity index (χ3v) is 7.00. The van der Waals surface area contributed by atoms with E-state index in [1.807, 2.05) is 27.2 Å². The first kappa shape index (κ1) is 41.3. The van der Waals surface area contributed by atoms with Crippen LogP contribution in [0.3, 0.4) is 0 Å². The van der Waals surface area contributed by atoms with Gasteiger partial charge in [0.05, 0.1) is 40.8 Å². The average molecular weight is 621 g/mol. The number of nitrogens with zero attached hydrogens (tertiary/aromatic N) is 1. The molecule has 252 valence electrons. The van der Waals surface area contributed by atoms with Crippen molar-refractivity contribution in [3.63, 3.8) is 0 Å². The van der Waals surface area contributed by atoms with Gasteiger partial charge in [0.15, 0.2) is 12.1 Å². The van der Waals surface area contributed by atoms with Gasteiger partial charge in [0.25, 0.3) is 0 Å². The minimum Gasteiger partial charge on any atom is -0.477 e. The summed E-state index contributed by atoms with van der Waals surface area (Å²) < 4.78 is 17.0. The number of carbonyl (C=O) groups excluding carboxylic acids is 2. The number of aliphatic carboxylic acids is 1. The number of esters is 2. The molecule has 0 aliphatic rings. The van der Waals surface area contributed by atoms with Crippen LogP contribution in [0.25, 0.3) is 0 Å². The predicted octanol–water partition coefficient (Wildman–Crippen LogP) is 7.73. The molecule has 0 heterocycles. The lowest BCUT2D eigenvalue weighted by molar-refractivity contribution is -0.887. The first-order valence-electron chi connectivity index (χ1n) is 16.7. The van der Waals surface area contributed by atoms with Crippen LogP contribution in [-0.4, -0.2) is 80.6 Å². The van der Waals surface area contributed by atoms with E-state index in [1.54, 1.807) is 6.08 Å². The Hall–Kier alpha value is -2.71. The number of rotatable bonds is 28. The molecule has 0 aliphatic heterocycles. The van der Waals surface area contributed by atoms with Gasteiger partial charge in [-0.2, -0.15) is 0 Å². The van der Waals surface area contributed by atoms with E-state index in [-0.39, 0.29) is 36.7 Å². The highest BCUT2D eigenvalue weighted by atomic mass is 16.6. The zero-order valence-electron chi connectivity index (χ0n) is 28.3. The first-order valence-corrected chi connectivity index (χ1v) is 16.7. The summed E-state index contributed by atoms with van der Waals surface area (Å²) in [5.41, 5.74) is 0. The smallest absolute Gasteiger partial charge is 0.362 e. The molecule has 0 rings (SSSR count). The van der Waals surface area contributed by atoms with Crippen molar-refractivity contribution in [3.05, 3.63) is 48.6 Å². The predicted molar refractivity (Wildman–Crippen MR) is 178 cm³/mol. The monoisotopic (exact) mass is 620 g/mol. The molecule has 8 heteroatoms. The zero-order chi connectivity index (χ0) is 32.9. The lowest BCUT2D eigenvalue weighted by Gasteiger charge is -2.31. The molecule has 44 heavy (non-hydrogen) atoms. The van der Waals surface area contributed by atoms with Crippen LogP contribution in [0.4, 0.5) is 0 Å². The second kappa shape index (κ2) is 27.8. The average Bonchev–Trinajstić information content (AvgIpc) is 2.96. The first-order chi connectivity index (χ1) is 21.1. The molecule has 0 aliphatic carbocycles. The van der Waals surface area contributed by atoms with Crippen LogP contribution in [-0.2, 0) is 28.6 Å². The third-order valence-electron chi connectivity index (χ3n) is 7.00. The highest BCUT2D eigenvalue weighted by molar-refractivity contribution is 5.72. The zero-order valence-corrected chi connectivity index (χ0v) is 28.3. The van der Waals surface area contributed by atoms with Crippen molar-refractivity contribution in [1.82, 2.24) is 0 Å². The summed E-state index contributed by atoms with van der Waals surface area (Å²) >= 11 is 0. The maximum Gasteiger partial charge on any atom is 0.362 e.